The first kappa shape index (κ1) is 14.6. The molecule has 2 aromatic rings. The monoisotopic (exact) mass is 335 g/mol. The molecule has 0 unspecified atom stereocenters. The Hall–Kier alpha value is -0.770. The van der Waals surface area contributed by atoms with Crippen LogP contribution in [0.25, 0.3) is 0 Å². The van der Waals surface area contributed by atoms with Crippen molar-refractivity contribution in [2.45, 2.75) is 24.1 Å². The van der Waals surface area contributed by atoms with E-state index < -0.39 is 0 Å². The highest BCUT2D eigenvalue weighted by molar-refractivity contribution is 9.10. The molecule has 2 rings (SSSR count). The molecule has 0 atom stereocenters. The largest absolute Gasteiger partial charge is 0.313 e. The number of benzene rings is 2. The van der Waals surface area contributed by atoms with Crippen LogP contribution in [0.15, 0.2) is 57.9 Å². The van der Waals surface area contributed by atoms with Crippen molar-refractivity contribution < 1.29 is 0 Å². The average molecular weight is 336 g/mol. The summed E-state index contributed by atoms with van der Waals surface area (Å²) in [4.78, 5) is 1.33. The van der Waals surface area contributed by atoms with E-state index in [1.54, 1.807) is 0 Å². The van der Waals surface area contributed by atoms with E-state index in [-0.39, 0.29) is 0 Å². The van der Waals surface area contributed by atoms with Crippen LogP contribution in [0, 0.1) is 0 Å². The highest BCUT2D eigenvalue weighted by Crippen LogP contribution is 2.24. The van der Waals surface area contributed by atoms with Gasteiger partial charge in [0.2, 0.25) is 0 Å². The van der Waals surface area contributed by atoms with E-state index in [0.717, 1.165) is 23.3 Å². The summed E-state index contributed by atoms with van der Waals surface area (Å²) in [6.07, 6.45) is 0. The quantitative estimate of drug-likeness (QED) is 0.757. The van der Waals surface area contributed by atoms with Gasteiger partial charge in [0.15, 0.2) is 0 Å². The molecule has 0 aromatic heterocycles. The van der Waals surface area contributed by atoms with Crippen LogP contribution in [-0.4, -0.2) is 6.54 Å². The minimum atomic E-state index is 0.946. The number of nitrogens with one attached hydrogen (secondary N) is 1. The minimum absolute atomic E-state index is 0.946. The zero-order valence-corrected chi connectivity index (χ0v) is 13.4. The summed E-state index contributed by atoms with van der Waals surface area (Å²) in [6.45, 7) is 4.09. The standard InChI is InChI=1S/C16H18BrNS/c1-2-18-11-13-5-4-8-16(10-13)19-12-14-6-3-7-15(17)9-14/h3-10,18H,2,11-12H2,1H3. The summed E-state index contributed by atoms with van der Waals surface area (Å²) in [6, 6.07) is 17.2. The second-order valence-electron chi connectivity index (χ2n) is 4.35. The van der Waals surface area contributed by atoms with E-state index in [4.69, 9.17) is 0 Å². The molecule has 0 amide bonds. The summed E-state index contributed by atoms with van der Waals surface area (Å²) in [5, 5.41) is 3.36. The van der Waals surface area contributed by atoms with Crippen molar-refractivity contribution in [1.82, 2.24) is 5.32 Å². The zero-order valence-electron chi connectivity index (χ0n) is 11.0. The summed E-state index contributed by atoms with van der Waals surface area (Å²) in [5.74, 6) is 1.00. The van der Waals surface area contributed by atoms with Crippen LogP contribution in [0.1, 0.15) is 18.1 Å². The maximum absolute atomic E-state index is 3.51. The fourth-order valence-electron chi connectivity index (χ4n) is 1.81. The molecule has 0 spiro atoms. The first-order chi connectivity index (χ1) is 9.28. The highest BCUT2D eigenvalue weighted by atomic mass is 79.9. The molecule has 1 N–H and O–H groups in total. The fraction of sp³-hybridized carbons (Fsp3) is 0.250. The number of hydrogen-bond donors (Lipinski definition) is 1. The molecule has 100 valence electrons. The van der Waals surface area contributed by atoms with Gasteiger partial charge in [0, 0.05) is 21.7 Å². The molecule has 0 radical (unpaired) electrons. The van der Waals surface area contributed by atoms with Crippen LogP contribution in [-0.2, 0) is 12.3 Å². The van der Waals surface area contributed by atoms with Gasteiger partial charge in [-0.15, -0.1) is 11.8 Å². The Morgan fingerprint density at radius 2 is 1.84 bits per heavy atom. The number of thioether (sulfide) groups is 1. The topological polar surface area (TPSA) is 12.0 Å². The van der Waals surface area contributed by atoms with Gasteiger partial charge in [0.1, 0.15) is 0 Å². The lowest BCUT2D eigenvalue weighted by molar-refractivity contribution is 0.725. The summed E-state index contributed by atoms with van der Waals surface area (Å²) in [5.41, 5.74) is 2.69. The molecule has 1 nitrogen and oxygen atoms in total. The molecule has 0 aliphatic carbocycles. The third-order valence-electron chi connectivity index (χ3n) is 2.77. The maximum Gasteiger partial charge on any atom is 0.0232 e. The molecule has 3 heteroatoms. The predicted molar refractivity (Wildman–Crippen MR) is 87.5 cm³/mol. The molecule has 2 aromatic carbocycles. The molecule has 0 heterocycles. The molecule has 0 saturated carbocycles. The van der Waals surface area contributed by atoms with E-state index in [9.17, 15) is 0 Å². The van der Waals surface area contributed by atoms with E-state index in [1.807, 2.05) is 11.8 Å². The maximum atomic E-state index is 3.51. The number of halogens is 1. The summed E-state index contributed by atoms with van der Waals surface area (Å²) >= 11 is 5.39. The van der Waals surface area contributed by atoms with Crippen molar-refractivity contribution in [1.29, 1.82) is 0 Å². The van der Waals surface area contributed by atoms with Gasteiger partial charge in [-0.2, -0.15) is 0 Å². The van der Waals surface area contributed by atoms with Gasteiger partial charge in [0.05, 0.1) is 0 Å². The van der Waals surface area contributed by atoms with Crippen molar-refractivity contribution in [2.75, 3.05) is 6.54 Å². The van der Waals surface area contributed by atoms with E-state index >= 15 is 0 Å². The van der Waals surface area contributed by atoms with Crippen LogP contribution in [0.2, 0.25) is 0 Å². The van der Waals surface area contributed by atoms with E-state index in [1.165, 1.54) is 16.0 Å². The van der Waals surface area contributed by atoms with Gasteiger partial charge >= 0.3 is 0 Å². The van der Waals surface area contributed by atoms with E-state index in [0.29, 0.717) is 0 Å². The Balaban J connectivity index is 1.95. The van der Waals surface area contributed by atoms with Gasteiger partial charge in [0.25, 0.3) is 0 Å². The first-order valence-corrected chi connectivity index (χ1v) is 8.22. The first-order valence-electron chi connectivity index (χ1n) is 6.45. The minimum Gasteiger partial charge on any atom is -0.313 e. The Morgan fingerprint density at radius 1 is 1.05 bits per heavy atom. The Bertz CT molecular complexity index is 528. The molecule has 0 saturated heterocycles. The Labute approximate surface area is 127 Å². The zero-order chi connectivity index (χ0) is 13.5. The van der Waals surface area contributed by atoms with Crippen molar-refractivity contribution in [3.05, 3.63) is 64.1 Å². The van der Waals surface area contributed by atoms with E-state index in [2.05, 4.69) is 76.7 Å². The van der Waals surface area contributed by atoms with Crippen LogP contribution >= 0.6 is 27.7 Å². The normalized spacial score (nSPS) is 10.6. The van der Waals surface area contributed by atoms with Gasteiger partial charge in [-0.25, -0.2) is 0 Å². The summed E-state index contributed by atoms with van der Waals surface area (Å²) in [7, 11) is 0. The fourth-order valence-corrected chi connectivity index (χ4v) is 3.18. The number of rotatable bonds is 6. The van der Waals surface area contributed by atoms with Gasteiger partial charge in [-0.05, 0) is 41.9 Å². The SMILES string of the molecule is CCNCc1cccc(SCc2cccc(Br)c2)c1. The van der Waals surface area contributed by atoms with Gasteiger partial charge < -0.3 is 5.32 Å². The molecular weight excluding hydrogens is 318 g/mol. The molecular formula is C16H18BrNS. The van der Waals surface area contributed by atoms with Crippen LogP contribution in [0.3, 0.4) is 0 Å². The number of hydrogen-bond acceptors (Lipinski definition) is 2. The molecule has 0 fully saturated rings. The van der Waals surface area contributed by atoms with Crippen LogP contribution < -0.4 is 5.32 Å². The van der Waals surface area contributed by atoms with Gasteiger partial charge in [-0.1, -0.05) is 47.1 Å². The third kappa shape index (κ3) is 5.01. The lowest BCUT2D eigenvalue weighted by Crippen LogP contribution is -2.11. The lowest BCUT2D eigenvalue weighted by atomic mass is 10.2. The molecule has 0 aliphatic rings. The van der Waals surface area contributed by atoms with Gasteiger partial charge in [-0.3, -0.25) is 0 Å². The summed E-state index contributed by atoms with van der Waals surface area (Å²) < 4.78 is 1.14. The van der Waals surface area contributed by atoms with Crippen LogP contribution in [0.5, 0.6) is 0 Å². The van der Waals surface area contributed by atoms with Crippen molar-refractivity contribution in [2.24, 2.45) is 0 Å². The smallest absolute Gasteiger partial charge is 0.0232 e. The third-order valence-corrected chi connectivity index (χ3v) is 4.33. The molecule has 0 bridgehead atoms. The second kappa shape index (κ2) is 7.73. The van der Waals surface area contributed by atoms with Crippen molar-refractivity contribution in [3.63, 3.8) is 0 Å². The Kier molecular flexibility index (Phi) is 5.95. The predicted octanol–water partition coefficient (Wildman–Crippen LogP) is 4.85. The van der Waals surface area contributed by atoms with Crippen molar-refractivity contribution >= 4 is 27.7 Å². The second-order valence-corrected chi connectivity index (χ2v) is 6.31. The van der Waals surface area contributed by atoms with Crippen molar-refractivity contribution in [3.8, 4) is 0 Å². The Morgan fingerprint density at radius 3 is 2.63 bits per heavy atom. The average Bonchev–Trinajstić information content (AvgIpc) is 2.43. The highest BCUT2D eigenvalue weighted by Gasteiger charge is 1.99. The van der Waals surface area contributed by atoms with Crippen LogP contribution in [0.4, 0.5) is 0 Å². The lowest BCUT2D eigenvalue weighted by Gasteiger charge is -2.06. The molecule has 19 heavy (non-hydrogen) atoms. The molecule has 0 aliphatic heterocycles.